The normalized spacial score (nSPS) is 18.5. The maximum absolute atomic E-state index is 11.9. The molecule has 0 spiro atoms. The molecule has 1 saturated heterocycles. The highest BCUT2D eigenvalue weighted by Gasteiger charge is 2.16. The third-order valence-corrected chi connectivity index (χ3v) is 3.03. The second-order valence-electron chi connectivity index (χ2n) is 4.51. The fourth-order valence-corrected chi connectivity index (χ4v) is 2.10. The first-order chi connectivity index (χ1) is 9.31. The Hall–Kier alpha value is -1.70. The number of anilines is 1. The molecule has 3 rings (SSSR count). The lowest BCUT2D eigenvalue weighted by Crippen LogP contribution is -2.43. The van der Waals surface area contributed by atoms with Crippen molar-refractivity contribution in [1.29, 1.82) is 0 Å². The number of aromatic amines is 1. The van der Waals surface area contributed by atoms with Crippen LogP contribution in [0.4, 0.5) is 5.69 Å². The number of rotatable bonds is 3. The Morgan fingerprint density at radius 3 is 3.05 bits per heavy atom. The van der Waals surface area contributed by atoms with Crippen LogP contribution in [0.1, 0.15) is 6.42 Å². The number of hydrogen-bond donors (Lipinski definition) is 3. The second-order valence-corrected chi connectivity index (χ2v) is 4.51. The molecule has 7 nitrogen and oxygen atoms in total. The van der Waals surface area contributed by atoms with E-state index in [2.05, 4.69) is 26.0 Å². The molecule has 1 aromatic heterocycles. The molecule has 0 radical (unpaired) electrons. The number of ether oxygens (including phenoxy) is 1. The molecule has 0 saturated carbocycles. The SMILES string of the molecule is Cl.O=C(CC1COCCN1)Nc1ccc2n[nH]nc2c1. The van der Waals surface area contributed by atoms with Gasteiger partial charge >= 0.3 is 0 Å². The first-order valence-corrected chi connectivity index (χ1v) is 6.23. The first kappa shape index (κ1) is 14.7. The standard InChI is InChI=1S/C12H15N5O2.ClH/c18-12(6-9-7-19-4-3-13-9)14-8-1-2-10-11(5-8)16-17-15-10;/h1-2,5,9,13H,3-4,6-7H2,(H,14,18)(H,15,16,17);1H. The van der Waals surface area contributed by atoms with Gasteiger partial charge in [-0.15, -0.1) is 12.4 Å². The fraction of sp³-hybridized carbons (Fsp3) is 0.417. The van der Waals surface area contributed by atoms with Crippen LogP contribution < -0.4 is 10.6 Å². The van der Waals surface area contributed by atoms with Crippen molar-refractivity contribution in [2.75, 3.05) is 25.1 Å². The summed E-state index contributed by atoms with van der Waals surface area (Å²) in [5.41, 5.74) is 2.24. The molecule has 8 heteroatoms. The number of carbonyl (C=O) groups is 1. The summed E-state index contributed by atoms with van der Waals surface area (Å²) in [5.74, 6) is -0.0363. The quantitative estimate of drug-likeness (QED) is 0.775. The van der Waals surface area contributed by atoms with E-state index in [1.165, 1.54) is 0 Å². The van der Waals surface area contributed by atoms with E-state index in [0.29, 0.717) is 19.6 Å². The molecule has 2 heterocycles. The third-order valence-electron chi connectivity index (χ3n) is 3.03. The number of nitrogens with zero attached hydrogens (tertiary/aromatic N) is 2. The number of H-pyrrole nitrogens is 1. The molecule has 1 unspecified atom stereocenters. The Bertz CT molecular complexity index is 582. The van der Waals surface area contributed by atoms with Crippen molar-refractivity contribution in [3.63, 3.8) is 0 Å². The van der Waals surface area contributed by atoms with Gasteiger partial charge < -0.3 is 15.4 Å². The molecule has 1 amide bonds. The Morgan fingerprint density at radius 1 is 1.40 bits per heavy atom. The number of carbonyl (C=O) groups excluding carboxylic acids is 1. The van der Waals surface area contributed by atoms with Gasteiger partial charge in [-0.05, 0) is 18.2 Å². The van der Waals surface area contributed by atoms with E-state index in [1.54, 1.807) is 6.07 Å². The molecule has 3 N–H and O–H groups in total. The van der Waals surface area contributed by atoms with Crippen LogP contribution in [0.15, 0.2) is 18.2 Å². The van der Waals surface area contributed by atoms with Gasteiger partial charge in [0.05, 0.1) is 13.2 Å². The molecule has 1 aliphatic rings. The minimum atomic E-state index is -0.0363. The summed E-state index contributed by atoms with van der Waals surface area (Å²) in [7, 11) is 0. The van der Waals surface area contributed by atoms with Gasteiger partial charge in [-0.2, -0.15) is 15.4 Å². The monoisotopic (exact) mass is 297 g/mol. The zero-order valence-corrected chi connectivity index (χ0v) is 11.6. The van der Waals surface area contributed by atoms with Gasteiger partial charge in [0.25, 0.3) is 0 Å². The molecule has 0 bridgehead atoms. The number of halogens is 1. The highest BCUT2D eigenvalue weighted by Crippen LogP contribution is 2.15. The topological polar surface area (TPSA) is 91.9 Å². The van der Waals surface area contributed by atoms with Crippen LogP contribution >= 0.6 is 12.4 Å². The maximum atomic E-state index is 11.9. The highest BCUT2D eigenvalue weighted by molar-refractivity contribution is 5.93. The van der Waals surface area contributed by atoms with Gasteiger partial charge in [0.1, 0.15) is 11.0 Å². The van der Waals surface area contributed by atoms with Gasteiger partial charge in [0.2, 0.25) is 5.91 Å². The summed E-state index contributed by atoms with van der Waals surface area (Å²) in [4.78, 5) is 11.9. The lowest BCUT2D eigenvalue weighted by atomic mass is 10.2. The summed E-state index contributed by atoms with van der Waals surface area (Å²) in [6.07, 6.45) is 0.400. The van der Waals surface area contributed by atoms with E-state index in [9.17, 15) is 4.79 Å². The van der Waals surface area contributed by atoms with E-state index >= 15 is 0 Å². The molecule has 1 aliphatic heterocycles. The molecule has 1 aromatic carbocycles. The number of benzene rings is 1. The van der Waals surface area contributed by atoms with Crippen LogP contribution in [0.3, 0.4) is 0 Å². The predicted octanol–water partition coefficient (Wildman–Crippen LogP) is 0.697. The molecule has 1 fully saturated rings. The first-order valence-electron chi connectivity index (χ1n) is 6.23. The molecule has 108 valence electrons. The van der Waals surface area contributed by atoms with Gasteiger partial charge in [-0.3, -0.25) is 4.79 Å². The van der Waals surface area contributed by atoms with Crippen LogP contribution in [0.2, 0.25) is 0 Å². The van der Waals surface area contributed by atoms with Gasteiger partial charge in [0.15, 0.2) is 0 Å². The van der Waals surface area contributed by atoms with E-state index < -0.39 is 0 Å². The van der Waals surface area contributed by atoms with E-state index in [1.807, 2.05) is 12.1 Å². The Kier molecular flexibility index (Phi) is 4.89. The van der Waals surface area contributed by atoms with E-state index in [4.69, 9.17) is 4.74 Å². The molecule has 20 heavy (non-hydrogen) atoms. The lowest BCUT2D eigenvalue weighted by Gasteiger charge is -2.23. The summed E-state index contributed by atoms with van der Waals surface area (Å²) in [6, 6.07) is 5.51. The minimum absolute atomic E-state index is 0. The fourth-order valence-electron chi connectivity index (χ4n) is 2.10. The van der Waals surface area contributed by atoms with Gasteiger partial charge in [-0.25, -0.2) is 0 Å². The van der Waals surface area contributed by atoms with Crippen molar-refractivity contribution in [1.82, 2.24) is 20.7 Å². The number of morpholine rings is 1. The zero-order valence-electron chi connectivity index (χ0n) is 10.8. The Morgan fingerprint density at radius 2 is 2.25 bits per heavy atom. The largest absolute Gasteiger partial charge is 0.378 e. The molecule has 0 aliphatic carbocycles. The molecule has 1 atom stereocenters. The van der Waals surface area contributed by atoms with Crippen molar-refractivity contribution in [3.8, 4) is 0 Å². The van der Waals surface area contributed by atoms with Crippen molar-refractivity contribution < 1.29 is 9.53 Å². The maximum Gasteiger partial charge on any atom is 0.226 e. The van der Waals surface area contributed by atoms with Gasteiger partial charge in [0, 0.05) is 24.7 Å². The number of hydrogen-bond acceptors (Lipinski definition) is 5. The summed E-state index contributed by atoms with van der Waals surface area (Å²) >= 11 is 0. The average Bonchev–Trinajstić information content (AvgIpc) is 2.87. The number of amides is 1. The van der Waals surface area contributed by atoms with Crippen molar-refractivity contribution in [2.24, 2.45) is 0 Å². The van der Waals surface area contributed by atoms with Crippen LogP contribution in [0, 0.1) is 0 Å². The number of nitrogens with one attached hydrogen (secondary N) is 3. The zero-order chi connectivity index (χ0) is 13.1. The Labute approximate surface area is 121 Å². The second kappa shape index (κ2) is 6.65. The van der Waals surface area contributed by atoms with Crippen molar-refractivity contribution >= 4 is 35.0 Å². The Balaban J connectivity index is 0.00000147. The van der Waals surface area contributed by atoms with Crippen molar-refractivity contribution in [2.45, 2.75) is 12.5 Å². The number of fused-ring (bicyclic) bond motifs is 1. The summed E-state index contributed by atoms with van der Waals surface area (Å²) < 4.78 is 5.32. The molecular weight excluding hydrogens is 282 g/mol. The average molecular weight is 298 g/mol. The van der Waals surface area contributed by atoms with Crippen LogP contribution in [0.5, 0.6) is 0 Å². The van der Waals surface area contributed by atoms with Crippen LogP contribution in [0.25, 0.3) is 11.0 Å². The number of aromatic nitrogens is 3. The lowest BCUT2D eigenvalue weighted by molar-refractivity contribution is -0.117. The summed E-state index contributed by atoms with van der Waals surface area (Å²) in [5, 5.41) is 16.6. The minimum Gasteiger partial charge on any atom is -0.378 e. The van der Waals surface area contributed by atoms with Gasteiger partial charge in [-0.1, -0.05) is 0 Å². The van der Waals surface area contributed by atoms with Crippen LogP contribution in [-0.4, -0.2) is 47.1 Å². The highest BCUT2D eigenvalue weighted by atomic mass is 35.5. The van der Waals surface area contributed by atoms with Crippen molar-refractivity contribution in [3.05, 3.63) is 18.2 Å². The predicted molar refractivity (Wildman–Crippen MR) is 77.0 cm³/mol. The van der Waals surface area contributed by atoms with Crippen LogP contribution in [-0.2, 0) is 9.53 Å². The molecular formula is C12H16ClN5O2. The molecule has 2 aromatic rings. The third kappa shape index (κ3) is 3.44. The summed E-state index contributed by atoms with van der Waals surface area (Å²) in [6.45, 7) is 2.08. The van der Waals surface area contributed by atoms with E-state index in [-0.39, 0.29) is 24.4 Å². The smallest absolute Gasteiger partial charge is 0.226 e. The van der Waals surface area contributed by atoms with E-state index in [0.717, 1.165) is 23.3 Å².